The van der Waals surface area contributed by atoms with Crippen LogP contribution < -0.4 is 5.32 Å². The SMILES string of the molecule is Cc1cnc(CN2CC(C)N(C(=O)C(C)C)C(C(=O)NCc3ccc(-c4ccco4)cc3)C2)[nH]1. The van der Waals surface area contributed by atoms with Gasteiger partial charge in [-0.15, -0.1) is 0 Å². The lowest BCUT2D eigenvalue weighted by Gasteiger charge is -2.45. The molecule has 2 N–H and O–H groups in total. The summed E-state index contributed by atoms with van der Waals surface area (Å²) in [7, 11) is 0. The van der Waals surface area contributed by atoms with Crippen molar-refractivity contribution in [3.63, 3.8) is 0 Å². The van der Waals surface area contributed by atoms with Crippen molar-refractivity contribution < 1.29 is 14.0 Å². The van der Waals surface area contributed by atoms with Crippen LogP contribution in [0.3, 0.4) is 0 Å². The van der Waals surface area contributed by atoms with E-state index in [-0.39, 0.29) is 23.8 Å². The van der Waals surface area contributed by atoms with Gasteiger partial charge in [-0.3, -0.25) is 14.5 Å². The monoisotopic (exact) mass is 463 g/mol. The summed E-state index contributed by atoms with van der Waals surface area (Å²) in [6, 6.07) is 11.0. The number of aryl methyl sites for hydroxylation is 1. The molecule has 3 heterocycles. The minimum atomic E-state index is -0.558. The first kappa shape index (κ1) is 23.8. The van der Waals surface area contributed by atoms with Gasteiger partial charge in [0.05, 0.1) is 12.8 Å². The molecule has 1 aromatic carbocycles. The highest BCUT2D eigenvalue weighted by Crippen LogP contribution is 2.22. The fraction of sp³-hybridized carbons (Fsp3) is 0.423. The molecule has 1 aliphatic rings. The number of hydrogen-bond acceptors (Lipinski definition) is 5. The molecule has 0 spiro atoms. The van der Waals surface area contributed by atoms with Crippen LogP contribution in [0, 0.1) is 12.8 Å². The van der Waals surface area contributed by atoms with E-state index in [0.29, 0.717) is 26.2 Å². The molecule has 0 radical (unpaired) electrons. The molecule has 8 heteroatoms. The van der Waals surface area contributed by atoms with Crippen molar-refractivity contribution in [2.75, 3.05) is 13.1 Å². The van der Waals surface area contributed by atoms with Crippen molar-refractivity contribution in [1.29, 1.82) is 0 Å². The van der Waals surface area contributed by atoms with Gasteiger partial charge in [-0.1, -0.05) is 38.1 Å². The zero-order valence-electron chi connectivity index (χ0n) is 20.2. The van der Waals surface area contributed by atoms with E-state index >= 15 is 0 Å². The standard InChI is InChI=1S/C26H33N5O3/c1-17(2)26(33)31-19(4)14-30(16-24-27-12-18(3)29-24)15-22(31)25(32)28-13-20-7-9-21(10-8-20)23-6-5-11-34-23/h5-12,17,19,22H,13-16H2,1-4H3,(H,27,29)(H,28,32). The summed E-state index contributed by atoms with van der Waals surface area (Å²) in [5.41, 5.74) is 2.97. The van der Waals surface area contributed by atoms with Crippen LogP contribution in [0.1, 0.15) is 37.9 Å². The number of amides is 2. The largest absolute Gasteiger partial charge is 0.464 e. The molecule has 2 amide bonds. The van der Waals surface area contributed by atoms with Crippen LogP contribution in [0.15, 0.2) is 53.3 Å². The summed E-state index contributed by atoms with van der Waals surface area (Å²) in [6.45, 7) is 9.89. The van der Waals surface area contributed by atoms with Crippen LogP contribution in [0.25, 0.3) is 11.3 Å². The number of carbonyl (C=O) groups is 2. The van der Waals surface area contributed by atoms with E-state index in [1.807, 2.05) is 64.1 Å². The van der Waals surface area contributed by atoms with E-state index in [0.717, 1.165) is 28.4 Å². The van der Waals surface area contributed by atoms with Crippen molar-refractivity contribution in [2.45, 2.75) is 52.9 Å². The molecule has 2 aromatic heterocycles. The fourth-order valence-corrected chi connectivity index (χ4v) is 4.48. The molecular weight excluding hydrogens is 430 g/mol. The van der Waals surface area contributed by atoms with Gasteiger partial charge in [0.1, 0.15) is 17.6 Å². The van der Waals surface area contributed by atoms with Crippen molar-refractivity contribution in [3.05, 3.63) is 65.9 Å². The second-order valence-corrected chi connectivity index (χ2v) is 9.36. The van der Waals surface area contributed by atoms with Gasteiger partial charge in [0.2, 0.25) is 11.8 Å². The Balaban J connectivity index is 1.45. The van der Waals surface area contributed by atoms with E-state index in [1.165, 1.54) is 0 Å². The number of H-pyrrole nitrogens is 1. The van der Waals surface area contributed by atoms with Crippen molar-refractivity contribution in [3.8, 4) is 11.3 Å². The van der Waals surface area contributed by atoms with Gasteiger partial charge in [-0.05, 0) is 31.5 Å². The lowest BCUT2D eigenvalue weighted by atomic mass is 10.0. The Kier molecular flexibility index (Phi) is 7.17. The second-order valence-electron chi connectivity index (χ2n) is 9.36. The second kappa shape index (κ2) is 10.3. The first-order chi connectivity index (χ1) is 16.3. The normalized spacial score (nSPS) is 18.9. The van der Waals surface area contributed by atoms with Crippen molar-refractivity contribution in [1.82, 2.24) is 25.1 Å². The Morgan fingerprint density at radius 1 is 1.21 bits per heavy atom. The molecule has 1 aliphatic heterocycles. The minimum absolute atomic E-state index is 0.00365. The number of rotatable bonds is 7. The van der Waals surface area contributed by atoms with Crippen molar-refractivity contribution in [2.24, 2.45) is 5.92 Å². The number of benzene rings is 1. The van der Waals surface area contributed by atoms with Crippen LogP contribution in [-0.2, 0) is 22.7 Å². The molecule has 0 saturated carbocycles. The van der Waals surface area contributed by atoms with Gasteiger partial charge in [0.15, 0.2) is 0 Å². The van der Waals surface area contributed by atoms with Gasteiger partial charge >= 0.3 is 0 Å². The fourth-order valence-electron chi connectivity index (χ4n) is 4.48. The molecule has 0 aliphatic carbocycles. The Morgan fingerprint density at radius 3 is 2.59 bits per heavy atom. The molecule has 4 rings (SSSR count). The number of carbonyl (C=O) groups excluding carboxylic acids is 2. The number of hydrogen-bond donors (Lipinski definition) is 2. The van der Waals surface area contributed by atoms with E-state index in [9.17, 15) is 9.59 Å². The molecule has 0 bridgehead atoms. The predicted octanol–water partition coefficient (Wildman–Crippen LogP) is 3.35. The van der Waals surface area contributed by atoms with E-state index in [4.69, 9.17) is 4.42 Å². The third-order valence-electron chi connectivity index (χ3n) is 6.17. The Labute approximate surface area is 200 Å². The van der Waals surface area contributed by atoms with Crippen LogP contribution >= 0.6 is 0 Å². The summed E-state index contributed by atoms with van der Waals surface area (Å²) in [6.07, 6.45) is 3.45. The van der Waals surface area contributed by atoms with Gasteiger partial charge < -0.3 is 19.6 Å². The van der Waals surface area contributed by atoms with Crippen molar-refractivity contribution >= 4 is 11.8 Å². The lowest BCUT2D eigenvalue weighted by Crippen LogP contribution is -2.64. The maximum Gasteiger partial charge on any atom is 0.244 e. The Hall–Kier alpha value is -3.39. The molecule has 8 nitrogen and oxygen atoms in total. The molecule has 2 unspecified atom stereocenters. The number of aromatic nitrogens is 2. The van der Waals surface area contributed by atoms with Crippen LogP contribution in [0.2, 0.25) is 0 Å². The third-order valence-corrected chi connectivity index (χ3v) is 6.17. The first-order valence-corrected chi connectivity index (χ1v) is 11.8. The summed E-state index contributed by atoms with van der Waals surface area (Å²) in [5.74, 6) is 1.36. The lowest BCUT2D eigenvalue weighted by molar-refractivity contribution is -0.150. The molecule has 1 saturated heterocycles. The molecule has 180 valence electrons. The smallest absolute Gasteiger partial charge is 0.244 e. The molecule has 3 aromatic rings. The highest BCUT2D eigenvalue weighted by atomic mass is 16.3. The minimum Gasteiger partial charge on any atom is -0.464 e. The van der Waals surface area contributed by atoms with Gasteiger partial charge in [-0.2, -0.15) is 0 Å². The van der Waals surface area contributed by atoms with E-state index in [1.54, 1.807) is 17.4 Å². The molecular formula is C26H33N5O3. The number of piperazine rings is 1. The average Bonchev–Trinajstić information content (AvgIpc) is 3.49. The maximum atomic E-state index is 13.3. The van der Waals surface area contributed by atoms with Crippen LogP contribution in [0.5, 0.6) is 0 Å². The highest BCUT2D eigenvalue weighted by Gasteiger charge is 2.40. The summed E-state index contributed by atoms with van der Waals surface area (Å²) in [5, 5.41) is 3.05. The first-order valence-electron chi connectivity index (χ1n) is 11.8. The molecule has 34 heavy (non-hydrogen) atoms. The Bertz CT molecular complexity index is 1100. The van der Waals surface area contributed by atoms with Crippen LogP contribution in [-0.4, -0.2) is 56.8 Å². The number of nitrogens with zero attached hydrogens (tertiary/aromatic N) is 3. The topological polar surface area (TPSA) is 94.5 Å². The van der Waals surface area contributed by atoms with E-state index in [2.05, 4.69) is 20.2 Å². The quantitative estimate of drug-likeness (QED) is 0.560. The third kappa shape index (κ3) is 5.39. The number of imidazole rings is 1. The predicted molar refractivity (Wildman–Crippen MR) is 130 cm³/mol. The summed E-state index contributed by atoms with van der Waals surface area (Å²) < 4.78 is 5.44. The number of nitrogens with one attached hydrogen (secondary N) is 2. The van der Waals surface area contributed by atoms with Gasteiger partial charge in [0.25, 0.3) is 0 Å². The molecule has 1 fully saturated rings. The zero-order valence-corrected chi connectivity index (χ0v) is 20.2. The number of aromatic amines is 1. The van der Waals surface area contributed by atoms with Gasteiger partial charge in [0, 0.05) is 49.0 Å². The average molecular weight is 464 g/mol. The highest BCUT2D eigenvalue weighted by molar-refractivity contribution is 5.89. The zero-order chi connectivity index (χ0) is 24.2. The van der Waals surface area contributed by atoms with E-state index < -0.39 is 6.04 Å². The Morgan fingerprint density at radius 2 is 1.97 bits per heavy atom. The summed E-state index contributed by atoms with van der Waals surface area (Å²) >= 11 is 0. The number of furan rings is 1. The maximum absolute atomic E-state index is 13.3. The summed E-state index contributed by atoms with van der Waals surface area (Å²) in [4.78, 5) is 38.0. The van der Waals surface area contributed by atoms with Gasteiger partial charge in [-0.25, -0.2) is 4.98 Å². The molecule has 2 atom stereocenters. The van der Waals surface area contributed by atoms with Crippen LogP contribution in [0.4, 0.5) is 0 Å².